The molecule has 0 radical (unpaired) electrons. The average molecular weight is 343 g/mol. The summed E-state index contributed by atoms with van der Waals surface area (Å²) in [5, 5.41) is 2.83. The second-order valence-corrected chi connectivity index (χ2v) is 6.44. The zero-order chi connectivity index (χ0) is 17.4. The zero-order valence-corrected chi connectivity index (χ0v) is 14.7. The van der Waals surface area contributed by atoms with Crippen molar-refractivity contribution in [2.75, 3.05) is 17.7 Å². The van der Waals surface area contributed by atoms with Gasteiger partial charge in [0, 0.05) is 10.6 Å². The molecule has 0 fully saturated rings. The Kier molecular flexibility index (Phi) is 6.88. The van der Waals surface area contributed by atoms with Crippen LogP contribution in [0.1, 0.15) is 29.8 Å². The molecule has 0 saturated heterocycles. The third-order valence-electron chi connectivity index (χ3n) is 3.28. The summed E-state index contributed by atoms with van der Waals surface area (Å²) in [7, 11) is 0. The first-order chi connectivity index (χ1) is 11.6. The molecule has 0 heterocycles. The largest absolute Gasteiger partial charge is 0.462 e. The van der Waals surface area contributed by atoms with E-state index in [1.165, 1.54) is 4.90 Å². The summed E-state index contributed by atoms with van der Waals surface area (Å²) in [5.41, 5.74) is 2.10. The summed E-state index contributed by atoms with van der Waals surface area (Å²) in [6.07, 6.45) is 0.316. The lowest BCUT2D eigenvalue weighted by atomic mass is 10.1. The number of ether oxygens (including phenoxy) is 1. The summed E-state index contributed by atoms with van der Waals surface area (Å²) >= 11 is 1.77. The van der Waals surface area contributed by atoms with Crippen LogP contribution in [-0.4, -0.2) is 24.2 Å². The van der Waals surface area contributed by atoms with Crippen LogP contribution in [0.4, 0.5) is 5.69 Å². The van der Waals surface area contributed by atoms with E-state index >= 15 is 0 Å². The minimum absolute atomic E-state index is 0.0882. The van der Waals surface area contributed by atoms with E-state index in [-0.39, 0.29) is 11.9 Å². The number of anilines is 1. The fraction of sp³-hybridized carbons (Fsp3) is 0.263. The Morgan fingerprint density at radius 3 is 2.25 bits per heavy atom. The third-order valence-corrected chi connectivity index (χ3v) is 4.17. The molecule has 0 aliphatic heterocycles. The highest BCUT2D eigenvalue weighted by Crippen LogP contribution is 2.18. The van der Waals surface area contributed by atoms with Gasteiger partial charge in [-0.15, -0.1) is 11.8 Å². The maximum atomic E-state index is 12.1. The van der Waals surface area contributed by atoms with Crippen molar-refractivity contribution in [2.24, 2.45) is 0 Å². The number of esters is 1. The molecule has 0 aromatic heterocycles. The molecule has 1 amide bonds. The van der Waals surface area contributed by atoms with Crippen molar-refractivity contribution in [2.45, 2.75) is 25.2 Å². The third kappa shape index (κ3) is 5.42. The van der Waals surface area contributed by atoms with Crippen molar-refractivity contribution in [1.82, 2.24) is 0 Å². The van der Waals surface area contributed by atoms with Gasteiger partial charge in [-0.05, 0) is 54.6 Å². The van der Waals surface area contributed by atoms with Gasteiger partial charge in [0.25, 0.3) is 0 Å². The monoisotopic (exact) mass is 343 g/mol. The van der Waals surface area contributed by atoms with Gasteiger partial charge in [-0.3, -0.25) is 4.79 Å². The van der Waals surface area contributed by atoms with E-state index in [1.807, 2.05) is 24.3 Å². The van der Waals surface area contributed by atoms with Crippen molar-refractivity contribution in [3.05, 3.63) is 59.7 Å². The molecule has 0 spiro atoms. The second kappa shape index (κ2) is 9.13. The van der Waals surface area contributed by atoms with E-state index in [1.54, 1.807) is 43.0 Å². The van der Waals surface area contributed by atoms with Crippen molar-refractivity contribution in [1.29, 1.82) is 0 Å². The number of carbonyl (C=O) groups excluding carboxylic acids is 2. The number of hydrogen-bond acceptors (Lipinski definition) is 4. The Hall–Kier alpha value is -2.27. The normalized spacial score (nSPS) is 10.2. The molecule has 2 rings (SSSR count). The molecular formula is C19H21NO3S. The lowest BCUT2D eigenvalue weighted by Gasteiger charge is -2.07. The average Bonchev–Trinajstić information content (AvgIpc) is 2.58. The lowest BCUT2D eigenvalue weighted by molar-refractivity contribution is -0.115. The molecule has 0 unspecified atom stereocenters. The van der Waals surface area contributed by atoms with Gasteiger partial charge in [-0.25, -0.2) is 4.79 Å². The number of carbonyl (C=O) groups is 2. The Morgan fingerprint density at radius 2 is 1.67 bits per heavy atom. The van der Waals surface area contributed by atoms with Crippen molar-refractivity contribution in [3.63, 3.8) is 0 Å². The van der Waals surface area contributed by atoms with E-state index in [9.17, 15) is 9.59 Å². The highest BCUT2D eigenvalue weighted by molar-refractivity contribution is 7.99. The summed E-state index contributed by atoms with van der Waals surface area (Å²) in [5.74, 6) is 0.580. The second-order valence-electron chi connectivity index (χ2n) is 5.10. The maximum Gasteiger partial charge on any atom is 0.338 e. The first-order valence-electron chi connectivity index (χ1n) is 7.91. The van der Waals surface area contributed by atoms with Gasteiger partial charge >= 0.3 is 5.97 Å². The van der Waals surface area contributed by atoms with Crippen molar-refractivity contribution in [3.8, 4) is 0 Å². The molecule has 2 aromatic rings. The Balaban J connectivity index is 1.91. The molecule has 0 atom stereocenters. The van der Waals surface area contributed by atoms with Crippen LogP contribution in [0.5, 0.6) is 0 Å². The number of rotatable bonds is 7. The van der Waals surface area contributed by atoms with Crippen LogP contribution in [0, 0.1) is 0 Å². The molecule has 24 heavy (non-hydrogen) atoms. The summed E-state index contributed by atoms with van der Waals surface area (Å²) in [4.78, 5) is 24.9. The number of hydrogen-bond donors (Lipinski definition) is 1. The number of amides is 1. The maximum absolute atomic E-state index is 12.1. The minimum Gasteiger partial charge on any atom is -0.462 e. The molecule has 0 saturated carbocycles. The number of thioether (sulfide) groups is 1. The fourth-order valence-electron chi connectivity index (χ4n) is 2.16. The molecule has 2 aromatic carbocycles. The van der Waals surface area contributed by atoms with Gasteiger partial charge in [0.05, 0.1) is 18.6 Å². The van der Waals surface area contributed by atoms with Crippen LogP contribution in [0.2, 0.25) is 0 Å². The van der Waals surface area contributed by atoms with Crippen LogP contribution in [0.3, 0.4) is 0 Å². The van der Waals surface area contributed by atoms with Gasteiger partial charge in [-0.2, -0.15) is 0 Å². The van der Waals surface area contributed by atoms with Gasteiger partial charge in [0.15, 0.2) is 0 Å². The van der Waals surface area contributed by atoms with Crippen LogP contribution in [0.25, 0.3) is 0 Å². The predicted octanol–water partition coefficient (Wildman–Crippen LogP) is 4.16. The van der Waals surface area contributed by atoms with E-state index in [0.717, 1.165) is 11.3 Å². The van der Waals surface area contributed by atoms with Crippen molar-refractivity contribution >= 4 is 29.3 Å². The lowest BCUT2D eigenvalue weighted by Crippen LogP contribution is -2.14. The summed E-state index contributed by atoms with van der Waals surface area (Å²) < 4.78 is 4.93. The highest BCUT2D eigenvalue weighted by Gasteiger charge is 2.08. The molecule has 1 N–H and O–H groups in total. The van der Waals surface area contributed by atoms with Crippen molar-refractivity contribution < 1.29 is 14.3 Å². The van der Waals surface area contributed by atoms with E-state index in [2.05, 4.69) is 12.2 Å². The first-order valence-corrected chi connectivity index (χ1v) is 8.89. The summed E-state index contributed by atoms with van der Waals surface area (Å²) in [6, 6.07) is 14.7. The smallest absolute Gasteiger partial charge is 0.338 e. The van der Waals surface area contributed by atoms with E-state index in [4.69, 9.17) is 4.74 Å². The Bertz CT molecular complexity index is 681. The molecule has 5 heteroatoms. The molecule has 4 nitrogen and oxygen atoms in total. The summed E-state index contributed by atoms with van der Waals surface area (Å²) in [6.45, 7) is 4.21. The van der Waals surface area contributed by atoms with Gasteiger partial charge in [0.1, 0.15) is 0 Å². The number of nitrogens with one attached hydrogen (secondary N) is 1. The van der Waals surface area contributed by atoms with Gasteiger partial charge in [0.2, 0.25) is 5.91 Å². The topological polar surface area (TPSA) is 55.4 Å². The highest BCUT2D eigenvalue weighted by atomic mass is 32.2. The fourth-order valence-corrected chi connectivity index (χ4v) is 2.83. The van der Waals surface area contributed by atoms with Crippen LogP contribution in [-0.2, 0) is 16.0 Å². The van der Waals surface area contributed by atoms with E-state index in [0.29, 0.717) is 24.3 Å². The predicted molar refractivity (Wildman–Crippen MR) is 97.6 cm³/mol. The number of benzene rings is 2. The van der Waals surface area contributed by atoms with Gasteiger partial charge < -0.3 is 10.1 Å². The molecule has 0 aliphatic carbocycles. The molecule has 0 aliphatic rings. The van der Waals surface area contributed by atoms with E-state index < -0.39 is 0 Å². The minimum atomic E-state index is -0.361. The molecule has 0 bridgehead atoms. The van der Waals surface area contributed by atoms with Crippen LogP contribution < -0.4 is 5.32 Å². The SMILES string of the molecule is CCOC(=O)c1ccc(NC(=O)Cc2ccc(SCC)cc2)cc1. The van der Waals surface area contributed by atoms with Crippen LogP contribution >= 0.6 is 11.8 Å². The Labute approximate surface area is 146 Å². The van der Waals surface area contributed by atoms with Crippen LogP contribution in [0.15, 0.2) is 53.4 Å². The standard InChI is InChI=1S/C19H21NO3S/c1-3-23-19(22)15-7-9-16(10-8-15)20-18(21)13-14-5-11-17(12-6-14)24-4-2/h5-12H,3-4,13H2,1-2H3,(H,20,21). The van der Waals surface area contributed by atoms with Gasteiger partial charge in [-0.1, -0.05) is 19.1 Å². The quantitative estimate of drug-likeness (QED) is 0.606. The zero-order valence-electron chi connectivity index (χ0n) is 13.9. The molecule has 126 valence electrons. The first kappa shape index (κ1) is 18.1. The molecular weight excluding hydrogens is 322 g/mol. The Morgan fingerprint density at radius 1 is 1.00 bits per heavy atom.